The van der Waals surface area contributed by atoms with E-state index in [4.69, 9.17) is 16.6 Å². The van der Waals surface area contributed by atoms with Crippen LogP contribution in [0.4, 0.5) is 5.82 Å². The van der Waals surface area contributed by atoms with Gasteiger partial charge in [-0.3, -0.25) is 9.78 Å². The molecule has 10 heteroatoms. The van der Waals surface area contributed by atoms with Gasteiger partial charge in [0.25, 0.3) is 0 Å². The third kappa shape index (κ3) is 4.77. The maximum absolute atomic E-state index is 14.2. The molecule has 0 saturated carbocycles. The number of nitrogens with one attached hydrogen (secondary N) is 1. The highest BCUT2D eigenvalue weighted by Crippen LogP contribution is 2.37. The number of piperazine rings is 1. The highest BCUT2D eigenvalue weighted by atomic mass is 35.5. The molecule has 43 heavy (non-hydrogen) atoms. The van der Waals surface area contributed by atoms with E-state index in [1.807, 2.05) is 63.4 Å². The number of para-hydroxylation sites is 1. The van der Waals surface area contributed by atoms with Gasteiger partial charge in [0.2, 0.25) is 5.91 Å². The van der Waals surface area contributed by atoms with Gasteiger partial charge in [0, 0.05) is 48.5 Å². The maximum Gasteiger partial charge on any atom is 0.355 e. The van der Waals surface area contributed by atoms with E-state index in [0.717, 1.165) is 27.7 Å². The Morgan fingerprint density at radius 2 is 1.93 bits per heavy atom. The number of benzene rings is 1. The first-order valence-corrected chi connectivity index (χ1v) is 14.8. The van der Waals surface area contributed by atoms with Crippen molar-refractivity contribution in [2.45, 2.75) is 52.6 Å². The van der Waals surface area contributed by atoms with E-state index in [0.29, 0.717) is 46.3 Å². The van der Waals surface area contributed by atoms with Gasteiger partial charge in [-0.25, -0.2) is 14.3 Å². The highest BCUT2D eigenvalue weighted by molar-refractivity contribution is 6.34. The second-order valence-corrected chi connectivity index (χ2v) is 12.0. The number of H-pyrrole nitrogens is 1. The van der Waals surface area contributed by atoms with E-state index in [9.17, 15) is 9.59 Å². The summed E-state index contributed by atoms with van der Waals surface area (Å²) in [6, 6.07) is 11.5. The fourth-order valence-corrected chi connectivity index (χ4v) is 6.38. The molecule has 1 aliphatic rings. The van der Waals surface area contributed by atoms with Gasteiger partial charge in [-0.1, -0.05) is 50.2 Å². The number of amides is 1. The second kappa shape index (κ2) is 11.0. The Hall–Kier alpha value is -4.50. The minimum absolute atomic E-state index is 0.0484. The number of aryl methyl sites for hydroxylation is 1. The predicted molar refractivity (Wildman–Crippen MR) is 172 cm³/mol. The quantitative estimate of drug-likeness (QED) is 0.249. The minimum Gasteiger partial charge on any atom is -0.361 e. The largest absolute Gasteiger partial charge is 0.361 e. The molecule has 0 aliphatic carbocycles. The van der Waals surface area contributed by atoms with E-state index in [2.05, 4.69) is 40.3 Å². The van der Waals surface area contributed by atoms with E-state index in [1.165, 1.54) is 6.08 Å². The van der Waals surface area contributed by atoms with Crippen LogP contribution in [0.5, 0.6) is 0 Å². The monoisotopic (exact) mass is 595 g/mol. The summed E-state index contributed by atoms with van der Waals surface area (Å²) in [4.78, 5) is 48.4. The molecule has 4 aromatic heterocycles. The van der Waals surface area contributed by atoms with Crippen LogP contribution in [-0.2, 0) is 4.79 Å². The van der Waals surface area contributed by atoms with E-state index in [-0.39, 0.29) is 23.9 Å². The van der Waals surface area contributed by atoms with Gasteiger partial charge >= 0.3 is 5.69 Å². The summed E-state index contributed by atoms with van der Waals surface area (Å²) in [6.45, 7) is 14.7. The molecular formula is C33H34ClN7O2. The Morgan fingerprint density at radius 3 is 2.67 bits per heavy atom. The number of aromatic amines is 1. The van der Waals surface area contributed by atoms with Gasteiger partial charge in [-0.05, 0) is 56.5 Å². The first kappa shape index (κ1) is 28.6. The smallest absolute Gasteiger partial charge is 0.355 e. The number of carbonyl (C=O) groups excluding carboxylic acids is 1. The van der Waals surface area contributed by atoms with Crippen molar-refractivity contribution in [1.29, 1.82) is 0 Å². The van der Waals surface area contributed by atoms with Gasteiger partial charge in [-0.2, -0.15) is 4.98 Å². The summed E-state index contributed by atoms with van der Waals surface area (Å²) in [6.07, 6.45) is 4.98. The van der Waals surface area contributed by atoms with Gasteiger partial charge in [0.15, 0.2) is 5.65 Å². The molecular weight excluding hydrogens is 562 g/mol. The zero-order chi connectivity index (χ0) is 30.6. The molecule has 9 nitrogen and oxygen atoms in total. The van der Waals surface area contributed by atoms with Crippen molar-refractivity contribution in [1.82, 2.24) is 29.4 Å². The minimum atomic E-state index is -0.455. The highest BCUT2D eigenvalue weighted by Gasteiger charge is 2.34. The number of carbonyl (C=O) groups is 1. The summed E-state index contributed by atoms with van der Waals surface area (Å²) in [5.41, 5.74) is 4.63. The van der Waals surface area contributed by atoms with Crippen LogP contribution >= 0.6 is 11.6 Å². The summed E-state index contributed by atoms with van der Waals surface area (Å²) < 4.78 is 1.58. The lowest BCUT2D eigenvalue weighted by Crippen LogP contribution is -2.58. The molecule has 1 amide bonds. The van der Waals surface area contributed by atoms with Crippen LogP contribution < -0.4 is 10.6 Å². The molecule has 5 heterocycles. The third-order valence-electron chi connectivity index (χ3n) is 8.28. The zero-order valence-corrected chi connectivity index (χ0v) is 25.7. The molecule has 1 saturated heterocycles. The van der Waals surface area contributed by atoms with Crippen LogP contribution in [0.3, 0.4) is 0 Å². The van der Waals surface area contributed by atoms with Crippen LogP contribution in [0.15, 0.2) is 66.2 Å². The molecule has 1 aliphatic heterocycles. The number of nitrogens with zero attached hydrogens (tertiary/aromatic N) is 6. The SMILES string of the molecule is C=CC(=O)N1C[C@H](C)N(c2nc(=O)n(-c3c(C)ccnc3C(C)C)c3nc(-c4cccc5cc[nH]c45)c(Cl)cc23)C[C@H]1C. The molecule has 1 fully saturated rings. The standard InChI is InChI=1S/C33H34ClN7O2/c1-7-26(42)39-16-21(6)40(17-20(39)5)31-24-15-25(34)29(23-10-8-9-22-12-14-36-28(22)23)37-32(24)41(33(43)38-31)30-19(4)11-13-35-27(30)18(2)3/h7-15,18,20-21,36H,1,16-17H2,2-6H3/t20-,21+/m1/s1. The maximum atomic E-state index is 14.2. The van der Waals surface area contributed by atoms with Gasteiger partial charge in [0.1, 0.15) is 5.82 Å². The van der Waals surface area contributed by atoms with Crippen molar-refractivity contribution in [3.05, 3.63) is 88.2 Å². The Kier molecular flexibility index (Phi) is 7.30. The lowest BCUT2D eigenvalue weighted by Gasteiger charge is -2.44. The Balaban J connectivity index is 1.66. The van der Waals surface area contributed by atoms with Gasteiger partial charge < -0.3 is 14.8 Å². The fourth-order valence-electron chi connectivity index (χ4n) is 6.13. The fraction of sp³-hybridized carbons (Fsp3) is 0.303. The number of halogens is 1. The van der Waals surface area contributed by atoms with Gasteiger partial charge in [-0.15, -0.1) is 0 Å². The van der Waals surface area contributed by atoms with E-state index in [1.54, 1.807) is 15.7 Å². The average Bonchev–Trinajstić information content (AvgIpc) is 3.47. The lowest BCUT2D eigenvalue weighted by atomic mass is 10.0. The van der Waals surface area contributed by atoms with Crippen LogP contribution in [0.1, 0.15) is 44.9 Å². The molecule has 6 rings (SSSR count). The van der Waals surface area contributed by atoms with E-state index >= 15 is 0 Å². The Bertz CT molecular complexity index is 1960. The molecule has 1 N–H and O–H groups in total. The summed E-state index contributed by atoms with van der Waals surface area (Å²) in [5.74, 6) is 0.425. The Labute approximate surface area is 254 Å². The van der Waals surface area contributed by atoms with Gasteiger partial charge in [0.05, 0.1) is 33.0 Å². The van der Waals surface area contributed by atoms with Crippen LogP contribution in [-0.4, -0.2) is 60.5 Å². The van der Waals surface area contributed by atoms with Crippen molar-refractivity contribution in [2.75, 3.05) is 18.0 Å². The van der Waals surface area contributed by atoms with Crippen molar-refractivity contribution in [2.24, 2.45) is 0 Å². The number of hydrogen-bond acceptors (Lipinski definition) is 6. The lowest BCUT2D eigenvalue weighted by molar-refractivity contribution is -0.128. The zero-order valence-electron chi connectivity index (χ0n) is 24.9. The summed E-state index contributed by atoms with van der Waals surface area (Å²) in [7, 11) is 0. The Morgan fingerprint density at radius 1 is 1.14 bits per heavy atom. The molecule has 1 aromatic carbocycles. The number of pyridine rings is 2. The number of rotatable bonds is 5. The third-order valence-corrected chi connectivity index (χ3v) is 8.57. The summed E-state index contributed by atoms with van der Waals surface area (Å²) in [5, 5.41) is 2.12. The molecule has 0 radical (unpaired) electrons. The number of fused-ring (bicyclic) bond motifs is 2. The van der Waals surface area contributed by atoms with Crippen molar-refractivity contribution >= 4 is 45.3 Å². The normalized spacial score (nSPS) is 17.3. The number of aromatic nitrogens is 5. The average molecular weight is 596 g/mol. The molecule has 5 aromatic rings. The summed E-state index contributed by atoms with van der Waals surface area (Å²) >= 11 is 7.03. The van der Waals surface area contributed by atoms with Crippen LogP contribution in [0.25, 0.3) is 38.9 Å². The number of anilines is 1. The molecule has 0 spiro atoms. The van der Waals surface area contributed by atoms with Crippen molar-refractivity contribution in [3.63, 3.8) is 0 Å². The first-order valence-electron chi connectivity index (χ1n) is 14.5. The second-order valence-electron chi connectivity index (χ2n) is 11.6. The van der Waals surface area contributed by atoms with Crippen LogP contribution in [0, 0.1) is 6.92 Å². The first-order chi connectivity index (χ1) is 20.6. The number of hydrogen-bond donors (Lipinski definition) is 1. The topological polar surface area (TPSA) is 100 Å². The molecule has 2 atom stereocenters. The molecule has 0 unspecified atom stereocenters. The van der Waals surface area contributed by atoms with Crippen molar-refractivity contribution < 1.29 is 4.79 Å². The molecule has 220 valence electrons. The van der Waals surface area contributed by atoms with E-state index < -0.39 is 5.69 Å². The van der Waals surface area contributed by atoms with Crippen LogP contribution in [0.2, 0.25) is 5.02 Å². The van der Waals surface area contributed by atoms with Crippen molar-refractivity contribution in [3.8, 4) is 16.9 Å². The molecule has 0 bridgehead atoms. The predicted octanol–water partition coefficient (Wildman–Crippen LogP) is 6.02.